The summed E-state index contributed by atoms with van der Waals surface area (Å²) in [6, 6.07) is 4.89. The molecule has 0 fully saturated rings. The fourth-order valence-electron chi connectivity index (χ4n) is 1.30. The predicted octanol–water partition coefficient (Wildman–Crippen LogP) is 3.04. The van der Waals surface area contributed by atoms with Gasteiger partial charge in [-0.3, -0.25) is 4.79 Å². The Bertz CT molecular complexity index is 413. The first kappa shape index (κ1) is 12.0. The van der Waals surface area contributed by atoms with Gasteiger partial charge >= 0.3 is 5.97 Å². The van der Waals surface area contributed by atoms with Crippen LogP contribution in [0.2, 0.25) is 0 Å². The summed E-state index contributed by atoms with van der Waals surface area (Å²) < 4.78 is 12.7. The molecule has 1 atom stereocenters. The van der Waals surface area contributed by atoms with Crippen LogP contribution in [-0.4, -0.2) is 11.1 Å². The summed E-state index contributed by atoms with van der Waals surface area (Å²) in [7, 11) is 0. The molecular weight excluding hydrogens is 213 g/mol. The van der Waals surface area contributed by atoms with Crippen LogP contribution in [0.25, 0.3) is 10.4 Å². The minimum atomic E-state index is -0.958. The average molecular weight is 223 g/mol. The van der Waals surface area contributed by atoms with Crippen molar-refractivity contribution in [3.05, 3.63) is 46.1 Å². The van der Waals surface area contributed by atoms with E-state index in [-0.39, 0.29) is 18.7 Å². The molecule has 1 unspecified atom stereocenters. The third kappa shape index (κ3) is 3.59. The van der Waals surface area contributed by atoms with E-state index in [1.54, 1.807) is 0 Å². The SMILES string of the molecule is [N-]=[N+]=NC(CCC(=O)O)c1ccc(F)cc1. The van der Waals surface area contributed by atoms with Crippen LogP contribution in [0.1, 0.15) is 24.4 Å². The molecule has 0 aliphatic heterocycles. The van der Waals surface area contributed by atoms with Crippen molar-refractivity contribution in [1.29, 1.82) is 0 Å². The monoisotopic (exact) mass is 223 g/mol. The van der Waals surface area contributed by atoms with Crippen LogP contribution in [0.3, 0.4) is 0 Å². The number of nitrogens with zero attached hydrogens (tertiary/aromatic N) is 3. The van der Waals surface area contributed by atoms with Crippen LogP contribution < -0.4 is 0 Å². The van der Waals surface area contributed by atoms with E-state index in [1.807, 2.05) is 0 Å². The molecule has 84 valence electrons. The van der Waals surface area contributed by atoms with E-state index in [4.69, 9.17) is 10.6 Å². The third-order valence-corrected chi connectivity index (χ3v) is 2.08. The molecule has 0 aliphatic carbocycles. The lowest BCUT2D eigenvalue weighted by Crippen LogP contribution is -2.00. The van der Waals surface area contributed by atoms with Crippen LogP contribution in [-0.2, 0) is 4.79 Å². The highest BCUT2D eigenvalue weighted by Crippen LogP contribution is 2.23. The number of hydrogen-bond donors (Lipinski definition) is 1. The number of halogens is 1. The Labute approximate surface area is 91.1 Å². The van der Waals surface area contributed by atoms with Crippen LogP contribution in [0.5, 0.6) is 0 Å². The van der Waals surface area contributed by atoms with Crippen molar-refractivity contribution >= 4 is 5.97 Å². The molecule has 0 aromatic heterocycles. The number of benzene rings is 1. The summed E-state index contributed by atoms with van der Waals surface area (Å²) in [5.74, 6) is -1.35. The van der Waals surface area contributed by atoms with E-state index < -0.39 is 12.0 Å². The van der Waals surface area contributed by atoms with Gasteiger partial charge in [-0.25, -0.2) is 4.39 Å². The maximum atomic E-state index is 12.7. The minimum Gasteiger partial charge on any atom is -0.481 e. The van der Waals surface area contributed by atoms with Gasteiger partial charge in [0.1, 0.15) is 5.82 Å². The van der Waals surface area contributed by atoms with Crippen LogP contribution in [0, 0.1) is 5.82 Å². The van der Waals surface area contributed by atoms with E-state index >= 15 is 0 Å². The molecule has 0 amide bonds. The Kier molecular flexibility index (Phi) is 4.29. The minimum absolute atomic E-state index is 0.0962. The maximum absolute atomic E-state index is 12.7. The molecule has 0 aliphatic rings. The van der Waals surface area contributed by atoms with Crippen LogP contribution in [0.4, 0.5) is 4.39 Å². The highest BCUT2D eigenvalue weighted by atomic mass is 19.1. The normalized spacial score (nSPS) is 11.6. The number of aliphatic carboxylic acids is 1. The van der Waals surface area contributed by atoms with Gasteiger partial charge in [0.05, 0.1) is 6.04 Å². The Hall–Kier alpha value is -2.07. The number of azide groups is 1. The van der Waals surface area contributed by atoms with Crippen molar-refractivity contribution < 1.29 is 14.3 Å². The predicted molar refractivity (Wildman–Crippen MR) is 55.2 cm³/mol. The zero-order valence-electron chi connectivity index (χ0n) is 8.38. The van der Waals surface area contributed by atoms with E-state index in [9.17, 15) is 9.18 Å². The van der Waals surface area contributed by atoms with E-state index in [1.165, 1.54) is 24.3 Å². The lowest BCUT2D eigenvalue weighted by atomic mass is 10.0. The third-order valence-electron chi connectivity index (χ3n) is 2.08. The van der Waals surface area contributed by atoms with Crippen molar-refractivity contribution in [2.24, 2.45) is 5.11 Å². The second-order valence-corrected chi connectivity index (χ2v) is 3.20. The zero-order chi connectivity index (χ0) is 12.0. The Morgan fingerprint density at radius 1 is 1.50 bits per heavy atom. The van der Waals surface area contributed by atoms with Crippen LogP contribution in [0.15, 0.2) is 29.4 Å². The summed E-state index contributed by atoms with van der Waals surface area (Å²) in [5, 5.41) is 12.0. The molecule has 0 bridgehead atoms. The topological polar surface area (TPSA) is 86.1 Å². The molecule has 6 heteroatoms. The average Bonchev–Trinajstić information content (AvgIpc) is 2.25. The second kappa shape index (κ2) is 5.72. The van der Waals surface area contributed by atoms with Crippen molar-refractivity contribution in [3.8, 4) is 0 Å². The molecule has 0 spiro atoms. The summed E-state index contributed by atoms with van der Waals surface area (Å²) in [6.45, 7) is 0. The summed E-state index contributed by atoms with van der Waals surface area (Å²) >= 11 is 0. The molecule has 5 nitrogen and oxygen atoms in total. The van der Waals surface area contributed by atoms with Gasteiger partial charge < -0.3 is 5.11 Å². The fourth-order valence-corrected chi connectivity index (χ4v) is 1.30. The number of carbonyl (C=O) groups is 1. The van der Waals surface area contributed by atoms with E-state index in [0.29, 0.717) is 5.56 Å². The first-order valence-corrected chi connectivity index (χ1v) is 4.65. The van der Waals surface area contributed by atoms with E-state index in [0.717, 1.165) is 0 Å². The van der Waals surface area contributed by atoms with Crippen LogP contribution >= 0.6 is 0 Å². The lowest BCUT2D eigenvalue weighted by Gasteiger charge is -2.09. The number of rotatable bonds is 5. The molecule has 16 heavy (non-hydrogen) atoms. The van der Waals surface area contributed by atoms with Gasteiger partial charge in [-0.1, -0.05) is 17.2 Å². The van der Waals surface area contributed by atoms with Gasteiger partial charge in [-0.15, -0.1) is 0 Å². The summed E-state index contributed by atoms with van der Waals surface area (Å²) in [6.07, 6.45) is 0.103. The van der Waals surface area contributed by atoms with Gasteiger partial charge in [-0.05, 0) is 29.6 Å². The quantitative estimate of drug-likeness (QED) is 0.472. The van der Waals surface area contributed by atoms with Gasteiger partial charge in [-0.2, -0.15) is 0 Å². The Balaban J connectivity index is 2.80. The summed E-state index contributed by atoms with van der Waals surface area (Å²) in [4.78, 5) is 13.0. The lowest BCUT2D eigenvalue weighted by molar-refractivity contribution is -0.137. The van der Waals surface area contributed by atoms with Gasteiger partial charge in [0.25, 0.3) is 0 Å². The highest BCUT2D eigenvalue weighted by Gasteiger charge is 2.11. The number of hydrogen-bond acceptors (Lipinski definition) is 2. The first-order valence-electron chi connectivity index (χ1n) is 4.65. The molecule has 1 aromatic carbocycles. The zero-order valence-corrected chi connectivity index (χ0v) is 8.38. The fraction of sp³-hybridized carbons (Fsp3) is 0.300. The van der Waals surface area contributed by atoms with Crippen molar-refractivity contribution in [2.75, 3.05) is 0 Å². The molecule has 0 heterocycles. The van der Waals surface area contributed by atoms with Crippen molar-refractivity contribution in [2.45, 2.75) is 18.9 Å². The van der Waals surface area contributed by atoms with Crippen molar-refractivity contribution in [1.82, 2.24) is 0 Å². The molecule has 1 aromatic rings. The summed E-state index contributed by atoms with van der Waals surface area (Å²) in [5.41, 5.74) is 8.97. The molecule has 0 saturated carbocycles. The molecule has 0 radical (unpaired) electrons. The van der Waals surface area contributed by atoms with Gasteiger partial charge in [0.2, 0.25) is 0 Å². The Morgan fingerprint density at radius 3 is 2.62 bits per heavy atom. The van der Waals surface area contributed by atoms with Crippen molar-refractivity contribution in [3.63, 3.8) is 0 Å². The highest BCUT2D eigenvalue weighted by molar-refractivity contribution is 5.66. The second-order valence-electron chi connectivity index (χ2n) is 3.20. The molecular formula is C10H10FN3O2. The molecule has 0 saturated heterocycles. The first-order chi connectivity index (χ1) is 7.63. The largest absolute Gasteiger partial charge is 0.481 e. The molecule has 1 rings (SSSR count). The standard InChI is InChI=1S/C10H10FN3O2/c11-8-3-1-7(2-4-8)9(13-14-12)5-6-10(15)16/h1-4,9H,5-6H2,(H,15,16). The smallest absolute Gasteiger partial charge is 0.303 e. The number of carboxylic acid groups (broad SMARTS) is 1. The van der Waals surface area contributed by atoms with E-state index in [2.05, 4.69) is 10.0 Å². The Morgan fingerprint density at radius 2 is 2.12 bits per heavy atom. The molecule has 1 N–H and O–H groups in total. The maximum Gasteiger partial charge on any atom is 0.303 e. The van der Waals surface area contributed by atoms with Gasteiger partial charge in [0.15, 0.2) is 0 Å². The van der Waals surface area contributed by atoms with Gasteiger partial charge in [0, 0.05) is 11.3 Å². The number of carboxylic acids is 1.